The number of aryl methyl sites for hydroxylation is 1. The fraction of sp³-hybridized carbons (Fsp3) is 0.444. The Balaban J connectivity index is 1.52. The lowest BCUT2D eigenvalue weighted by Gasteiger charge is -2.31. The molecule has 1 N–H and O–H groups in total. The van der Waals surface area contributed by atoms with Gasteiger partial charge in [0.25, 0.3) is 15.9 Å². The number of fused-ring (bicyclic) bond motifs is 1. The first kappa shape index (κ1) is 20.2. The Morgan fingerprint density at radius 1 is 1.31 bits per heavy atom. The van der Waals surface area contributed by atoms with Crippen LogP contribution in [0.2, 0.25) is 0 Å². The van der Waals surface area contributed by atoms with E-state index in [1.807, 2.05) is 0 Å². The van der Waals surface area contributed by atoms with Crippen LogP contribution in [0.15, 0.2) is 34.7 Å². The number of nitrogens with zero attached hydrogens (tertiary/aromatic N) is 3. The standard InChI is InChI=1S/C18H20F2N4O3S2/c19-18(20)5-8-23(12-18)11-16(25)24-7-1-2-13-10-14(3-4-15(13)24)29(26,27)22-17-21-6-9-28-17/h3-4,6,9-10H,1-2,5,7-8,11-12H2,(H,21,22). The molecule has 0 aliphatic carbocycles. The smallest absolute Gasteiger partial charge is 0.263 e. The number of nitrogens with one attached hydrogen (secondary N) is 1. The molecule has 1 amide bonds. The molecule has 1 fully saturated rings. The third-order valence-electron chi connectivity index (χ3n) is 5.04. The summed E-state index contributed by atoms with van der Waals surface area (Å²) in [4.78, 5) is 19.8. The van der Waals surface area contributed by atoms with Crippen LogP contribution >= 0.6 is 11.3 Å². The monoisotopic (exact) mass is 442 g/mol. The summed E-state index contributed by atoms with van der Waals surface area (Å²) < 4.78 is 54.4. The molecule has 0 bridgehead atoms. The average Bonchev–Trinajstić information content (AvgIpc) is 3.29. The number of carbonyl (C=O) groups is 1. The number of sulfonamides is 1. The van der Waals surface area contributed by atoms with Crippen molar-refractivity contribution in [2.75, 3.05) is 35.8 Å². The number of anilines is 2. The van der Waals surface area contributed by atoms with Crippen molar-refractivity contribution in [2.45, 2.75) is 30.1 Å². The van der Waals surface area contributed by atoms with Crippen molar-refractivity contribution in [3.63, 3.8) is 0 Å². The largest absolute Gasteiger partial charge is 0.311 e. The zero-order valence-corrected chi connectivity index (χ0v) is 17.1. The van der Waals surface area contributed by atoms with Gasteiger partial charge in [-0.15, -0.1) is 11.3 Å². The van der Waals surface area contributed by atoms with E-state index in [2.05, 4.69) is 9.71 Å². The number of benzene rings is 1. The summed E-state index contributed by atoms with van der Waals surface area (Å²) in [6, 6.07) is 4.63. The minimum absolute atomic E-state index is 0.0688. The lowest BCUT2D eigenvalue weighted by Crippen LogP contribution is -2.42. The molecule has 1 aromatic carbocycles. The number of carbonyl (C=O) groups excluding carboxylic acids is 1. The highest BCUT2D eigenvalue weighted by Gasteiger charge is 2.39. The molecule has 0 atom stereocenters. The molecule has 2 aliphatic rings. The number of aromatic nitrogens is 1. The highest BCUT2D eigenvalue weighted by atomic mass is 32.2. The summed E-state index contributed by atoms with van der Waals surface area (Å²) in [5.74, 6) is -2.99. The molecule has 0 unspecified atom stereocenters. The van der Waals surface area contributed by atoms with Crippen molar-refractivity contribution in [1.29, 1.82) is 0 Å². The van der Waals surface area contributed by atoms with Gasteiger partial charge in [0.05, 0.1) is 18.0 Å². The van der Waals surface area contributed by atoms with Crippen molar-refractivity contribution < 1.29 is 22.0 Å². The number of rotatable bonds is 5. The Morgan fingerprint density at radius 2 is 2.14 bits per heavy atom. The van der Waals surface area contributed by atoms with E-state index in [1.54, 1.807) is 22.4 Å². The van der Waals surface area contributed by atoms with Gasteiger partial charge in [-0.3, -0.25) is 14.4 Å². The van der Waals surface area contributed by atoms with Crippen molar-refractivity contribution >= 4 is 38.1 Å². The van der Waals surface area contributed by atoms with Gasteiger partial charge < -0.3 is 4.90 Å². The Kier molecular flexibility index (Phi) is 5.30. The number of likely N-dealkylation sites (tertiary alicyclic amines) is 1. The normalized spacial score (nSPS) is 19.2. The third kappa shape index (κ3) is 4.41. The average molecular weight is 443 g/mol. The van der Waals surface area contributed by atoms with Gasteiger partial charge in [0.2, 0.25) is 5.91 Å². The van der Waals surface area contributed by atoms with Gasteiger partial charge in [-0.1, -0.05) is 0 Å². The highest BCUT2D eigenvalue weighted by molar-refractivity contribution is 7.93. The van der Waals surface area contributed by atoms with Crippen LogP contribution in [0.5, 0.6) is 0 Å². The summed E-state index contributed by atoms with van der Waals surface area (Å²) in [5, 5.41) is 1.95. The highest BCUT2D eigenvalue weighted by Crippen LogP contribution is 2.31. The van der Waals surface area contributed by atoms with E-state index in [1.165, 1.54) is 28.5 Å². The summed E-state index contributed by atoms with van der Waals surface area (Å²) in [6.45, 7) is 0.207. The first-order valence-electron chi connectivity index (χ1n) is 9.19. The van der Waals surface area contributed by atoms with Crippen LogP contribution in [-0.4, -0.2) is 56.3 Å². The van der Waals surface area contributed by atoms with Crippen LogP contribution in [-0.2, 0) is 21.2 Å². The van der Waals surface area contributed by atoms with Crippen LogP contribution in [0.4, 0.5) is 19.6 Å². The maximum atomic E-state index is 13.4. The van der Waals surface area contributed by atoms with Crippen LogP contribution < -0.4 is 9.62 Å². The number of hydrogen-bond acceptors (Lipinski definition) is 6. The van der Waals surface area contributed by atoms with Crippen LogP contribution in [0.3, 0.4) is 0 Å². The maximum Gasteiger partial charge on any atom is 0.263 e. The molecule has 7 nitrogen and oxygen atoms in total. The van der Waals surface area contributed by atoms with Gasteiger partial charge in [0.1, 0.15) is 0 Å². The van der Waals surface area contributed by atoms with E-state index in [9.17, 15) is 22.0 Å². The summed E-state index contributed by atoms with van der Waals surface area (Å²) in [6.07, 6.45) is 2.60. The SMILES string of the molecule is O=C(CN1CCC(F)(F)C1)N1CCCc2cc(S(=O)(=O)Nc3nccs3)ccc21. The molecular formula is C18H20F2N4O3S2. The molecule has 3 heterocycles. The lowest BCUT2D eigenvalue weighted by molar-refractivity contribution is -0.119. The van der Waals surface area contributed by atoms with Crippen LogP contribution in [0, 0.1) is 0 Å². The van der Waals surface area contributed by atoms with Crippen LogP contribution in [0.25, 0.3) is 0 Å². The van der Waals surface area contributed by atoms with Gasteiger partial charge in [-0.25, -0.2) is 22.2 Å². The van der Waals surface area contributed by atoms with Gasteiger partial charge in [-0.2, -0.15) is 0 Å². The molecule has 4 rings (SSSR count). The van der Waals surface area contributed by atoms with Crippen molar-refractivity contribution in [3.8, 4) is 0 Å². The first-order valence-corrected chi connectivity index (χ1v) is 11.6. The topological polar surface area (TPSA) is 82.6 Å². The number of amides is 1. The molecule has 2 aliphatic heterocycles. The second-order valence-electron chi connectivity index (χ2n) is 7.20. The Bertz CT molecular complexity index is 1010. The van der Waals surface area contributed by atoms with E-state index in [0.29, 0.717) is 25.1 Å². The van der Waals surface area contributed by atoms with E-state index in [-0.39, 0.29) is 35.4 Å². The Hall–Kier alpha value is -2.11. The molecule has 0 saturated carbocycles. The van der Waals surface area contributed by atoms with Gasteiger partial charge in [0.15, 0.2) is 5.13 Å². The molecular weight excluding hydrogens is 422 g/mol. The third-order valence-corrected chi connectivity index (χ3v) is 7.20. The number of thiazole rings is 1. The molecule has 11 heteroatoms. The van der Waals surface area contributed by atoms with E-state index < -0.39 is 22.5 Å². The number of alkyl halides is 2. The summed E-state index contributed by atoms with van der Waals surface area (Å²) >= 11 is 1.18. The first-order chi connectivity index (χ1) is 13.7. The Labute approximate surface area is 171 Å². The molecule has 2 aromatic rings. The second-order valence-corrected chi connectivity index (χ2v) is 9.78. The quantitative estimate of drug-likeness (QED) is 0.770. The predicted molar refractivity (Wildman–Crippen MR) is 106 cm³/mol. The number of halogens is 2. The molecule has 0 spiro atoms. The predicted octanol–water partition coefficient (Wildman–Crippen LogP) is 2.56. The molecule has 29 heavy (non-hydrogen) atoms. The molecule has 0 radical (unpaired) electrons. The fourth-order valence-corrected chi connectivity index (χ4v) is 5.50. The summed E-state index contributed by atoms with van der Waals surface area (Å²) in [7, 11) is -3.78. The van der Waals surface area contributed by atoms with Gasteiger partial charge in [0, 0.05) is 36.8 Å². The van der Waals surface area contributed by atoms with Crippen molar-refractivity contribution in [3.05, 3.63) is 35.3 Å². The van der Waals surface area contributed by atoms with E-state index in [0.717, 1.165) is 5.56 Å². The van der Waals surface area contributed by atoms with Gasteiger partial charge in [-0.05, 0) is 36.6 Å². The minimum Gasteiger partial charge on any atom is -0.311 e. The zero-order chi connectivity index (χ0) is 20.6. The molecule has 1 aromatic heterocycles. The van der Waals surface area contributed by atoms with Crippen LogP contribution in [0.1, 0.15) is 18.4 Å². The van der Waals surface area contributed by atoms with Gasteiger partial charge >= 0.3 is 0 Å². The Morgan fingerprint density at radius 3 is 2.83 bits per heavy atom. The summed E-state index contributed by atoms with van der Waals surface area (Å²) in [5.41, 5.74) is 1.39. The number of hydrogen-bond donors (Lipinski definition) is 1. The molecule has 156 valence electrons. The zero-order valence-electron chi connectivity index (χ0n) is 15.5. The van der Waals surface area contributed by atoms with E-state index in [4.69, 9.17) is 0 Å². The van der Waals surface area contributed by atoms with E-state index >= 15 is 0 Å². The maximum absolute atomic E-state index is 13.4. The van der Waals surface area contributed by atoms with Crippen molar-refractivity contribution in [1.82, 2.24) is 9.88 Å². The second kappa shape index (κ2) is 7.62. The van der Waals surface area contributed by atoms with Crippen molar-refractivity contribution in [2.24, 2.45) is 0 Å². The lowest BCUT2D eigenvalue weighted by atomic mass is 10.0. The fourth-order valence-electron chi connectivity index (χ4n) is 3.67. The minimum atomic E-state index is -3.78. The molecule has 1 saturated heterocycles.